The Morgan fingerprint density at radius 2 is 2.03 bits per heavy atom. The van der Waals surface area contributed by atoms with Gasteiger partial charge < -0.3 is 13.9 Å². The molecule has 30 heavy (non-hydrogen) atoms. The summed E-state index contributed by atoms with van der Waals surface area (Å²) in [5, 5.41) is 0. The van der Waals surface area contributed by atoms with Gasteiger partial charge >= 0.3 is 5.97 Å². The fraction of sp³-hybridized carbons (Fsp3) is 0.640. The predicted molar refractivity (Wildman–Crippen MR) is 123 cm³/mol. The quantitative estimate of drug-likeness (QED) is 0.211. The summed E-state index contributed by atoms with van der Waals surface area (Å²) in [4.78, 5) is 12.9. The van der Waals surface area contributed by atoms with Gasteiger partial charge in [0, 0.05) is 11.8 Å². The van der Waals surface area contributed by atoms with E-state index >= 15 is 0 Å². The molecule has 1 saturated carbocycles. The molecule has 4 aliphatic rings. The molecule has 162 valence electrons. The molecule has 1 spiro atoms. The number of furan rings is 1. The highest BCUT2D eigenvalue weighted by molar-refractivity contribution is 14.1. The topological polar surface area (TPSA) is 48.7 Å². The van der Waals surface area contributed by atoms with E-state index in [2.05, 4.69) is 49.4 Å². The van der Waals surface area contributed by atoms with Crippen molar-refractivity contribution < 1.29 is 18.7 Å². The molecule has 1 aromatic rings. The van der Waals surface area contributed by atoms with E-state index in [-0.39, 0.29) is 21.4 Å². The molecule has 0 unspecified atom stereocenters. The third-order valence-corrected chi connectivity index (χ3v) is 10.3. The minimum Gasteiger partial charge on any atom is -0.486 e. The maximum absolute atomic E-state index is 12.9. The van der Waals surface area contributed by atoms with Crippen LogP contribution in [0.15, 0.2) is 46.0 Å². The van der Waals surface area contributed by atoms with Gasteiger partial charge in [0.2, 0.25) is 0 Å². The first-order chi connectivity index (χ1) is 14.3. The van der Waals surface area contributed by atoms with Crippen LogP contribution in [0.4, 0.5) is 0 Å². The molecule has 2 aliphatic heterocycles. The number of carbonyl (C=O) groups excluding carboxylic acids is 1. The van der Waals surface area contributed by atoms with Crippen LogP contribution in [-0.4, -0.2) is 21.1 Å². The van der Waals surface area contributed by atoms with Gasteiger partial charge in [0.1, 0.15) is 5.60 Å². The van der Waals surface area contributed by atoms with E-state index < -0.39 is 5.60 Å². The highest BCUT2D eigenvalue weighted by Crippen LogP contribution is 2.64. The Kier molecular flexibility index (Phi) is 4.92. The molecular formula is C25H31IO4. The van der Waals surface area contributed by atoms with Crippen molar-refractivity contribution in [2.24, 2.45) is 23.7 Å². The first kappa shape index (κ1) is 20.7. The molecule has 3 heterocycles. The number of esters is 1. The SMILES string of the molecule is CC1=C[C@H]2[C@H](I)[C@@](C)(CCCc3ccoc3)OC3=C(C)C(=O)O[C@@]32[C@@H]2[C@@H](C)CC[C@@H]12. The summed E-state index contributed by atoms with van der Waals surface area (Å²) in [6.07, 6.45) is 11.3. The van der Waals surface area contributed by atoms with Crippen LogP contribution in [-0.2, 0) is 20.7 Å². The number of alkyl halides is 1. The fourth-order valence-corrected chi connectivity index (χ4v) is 7.86. The minimum atomic E-state index is -0.614. The van der Waals surface area contributed by atoms with E-state index in [1.54, 1.807) is 6.26 Å². The Balaban J connectivity index is 1.52. The molecule has 0 aromatic carbocycles. The van der Waals surface area contributed by atoms with Crippen molar-refractivity contribution in [3.63, 3.8) is 0 Å². The summed E-state index contributed by atoms with van der Waals surface area (Å²) in [5.74, 6) is 2.13. The molecule has 0 N–H and O–H groups in total. The summed E-state index contributed by atoms with van der Waals surface area (Å²) in [7, 11) is 0. The molecule has 1 aromatic heterocycles. The monoisotopic (exact) mass is 522 g/mol. The Labute approximate surface area is 192 Å². The molecular weight excluding hydrogens is 491 g/mol. The second kappa shape index (κ2) is 7.14. The summed E-state index contributed by atoms with van der Waals surface area (Å²) >= 11 is 2.58. The molecule has 7 atom stereocenters. The largest absolute Gasteiger partial charge is 0.486 e. The van der Waals surface area contributed by atoms with Crippen molar-refractivity contribution in [1.82, 2.24) is 0 Å². The zero-order chi connectivity index (χ0) is 21.3. The van der Waals surface area contributed by atoms with E-state index in [9.17, 15) is 4.79 Å². The van der Waals surface area contributed by atoms with Gasteiger partial charge in [0.25, 0.3) is 0 Å². The maximum Gasteiger partial charge on any atom is 0.338 e. The van der Waals surface area contributed by atoms with Crippen LogP contribution in [0.5, 0.6) is 0 Å². The minimum absolute atomic E-state index is 0.156. The average Bonchev–Trinajstić information content (AvgIpc) is 3.41. The Bertz CT molecular complexity index is 916. The van der Waals surface area contributed by atoms with Crippen LogP contribution in [0, 0.1) is 23.7 Å². The average molecular weight is 522 g/mol. The number of fused-ring (bicyclic) bond motifs is 1. The van der Waals surface area contributed by atoms with Gasteiger partial charge in [0.15, 0.2) is 11.4 Å². The van der Waals surface area contributed by atoms with Crippen LogP contribution in [0.3, 0.4) is 0 Å². The summed E-state index contributed by atoms with van der Waals surface area (Å²) in [5.41, 5.74) is 2.42. The molecule has 4 nitrogen and oxygen atoms in total. The number of carbonyl (C=O) groups is 1. The van der Waals surface area contributed by atoms with Gasteiger partial charge in [-0.2, -0.15) is 0 Å². The zero-order valence-corrected chi connectivity index (χ0v) is 20.4. The second-order valence-electron chi connectivity index (χ2n) is 10.1. The van der Waals surface area contributed by atoms with Crippen molar-refractivity contribution in [1.29, 1.82) is 0 Å². The normalized spacial score (nSPS) is 42.2. The zero-order valence-electron chi connectivity index (χ0n) is 18.2. The lowest BCUT2D eigenvalue weighted by atomic mass is 9.59. The molecule has 5 rings (SSSR count). The highest BCUT2D eigenvalue weighted by atomic mass is 127. The molecule has 1 saturated heterocycles. The van der Waals surface area contributed by atoms with Crippen molar-refractivity contribution in [2.75, 3.05) is 0 Å². The molecule has 0 amide bonds. The summed E-state index contributed by atoms with van der Waals surface area (Å²) < 4.78 is 18.6. The van der Waals surface area contributed by atoms with Gasteiger partial charge in [-0.3, -0.25) is 0 Å². The van der Waals surface area contributed by atoms with E-state index in [1.165, 1.54) is 24.0 Å². The van der Waals surface area contributed by atoms with E-state index in [1.807, 2.05) is 19.3 Å². The number of ether oxygens (including phenoxy) is 2. The number of halogens is 1. The lowest BCUT2D eigenvalue weighted by molar-refractivity contribution is -0.186. The second-order valence-corrected chi connectivity index (χ2v) is 11.4. The van der Waals surface area contributed by atoms with Gasteiger partial charge in [-0.05, 0) is 76.3 Å². The van der Waals surface area contributed by atoms with E-state index in [0.717, 1.165) is 25.0 Å². The van der Waals surface area contributed by atoms with Crippen LogP contribution in [0.2, 0.25) is 0 Å². The summed E-state index contributed by atoms with van der Waals surface area (Å²) in [6.45, 7) is 8.72. The van der Waals surface area contributed by atoms with Crippen molar-refractivity contribution in [3.8, 4) is 0 Å². The van der Waals surface area contributed by atoms with Gasteiger partial charge in [-0.1, -0.05) is 41.2 Å². The van der Waals surface area contributed by atoms with Crippen LogP contribution in [0.25, 0.3) is 0 Å². The van der Waals surface area contributed by atoms with E-state index in [0.29, 0.717) is 23.3 Å². The number of aryl methyl sites for hydroxylation is 1. The van der Waals surface area contributed by atoms with Crippen LogP contribution >= 0.6 is 22.6 Å². The van der Waals surface area contributed by atoms with Crippen molar-refractivity contribution in [2.45, 2.75) is 74.9 Å². The lowest BCUT2D eigenvalue weighted by Gasteiger charge is -2.57. The first-order valence-corrected chi connectivity index (χ1v) is 12.5. The van der Waals surface area contributed by atoms with Crippen LogP contribution in [0.1, 0.15) is 58.9 Å². The lowest BCUT2D eigenvalue weighted by Crippen LogP contribution is -2.64. The molecule has 2 fully saturated rings. The van der Waals surface area contributed by atoms with Gasteiger partial charge in [0.05, 0.1) is 22.0 Å². The van der Waals surface area contributed by atoms with Gasteiger partial charge in [-0.25, -0.2) is 4.79 Å². The Hall–Kier alpha value is -1.24. The van der Waals surface area contributed by atoms with Crippen molar-refractivity contribution in [3.05, 3.63) is 47.1 Å². The predicted octanol–water partition coefficient (Wildman–Crippen LogP) is 6.00. The molecule has 0 radical (unpaired) electrons. The standard InChI is InChI=1S/C25H31IO4/c1-14-7-8-18-15(2)12-19-21(26)24(4,10-5-6-17-9-11-28-13-17)29-22-16(3)23(27)30-25(19,22)20(14)18/h9,11-14,18-21H,5-8,10H2,1-4H3/t14-,18-,19-,20+,21-,24+,25-/m0/s1. The number of rotatable bonds is 4. The third-order valence-electron chi connectivity index (χ3n) is 8.21. The molecule has 0 bridgehead atoms. The van der Waals surface area contributed by atoms with Gasteiger partial charge in [-0.15, -0.1) is 0 Å². The number of hydrogen-bond acceptors (Lipinski definition) is 4. The maximum atomic E-state index is 12.9. The van der Waals surface area contributed by atoms with Crippen LogP contribution < -0.4 is 0 Å². The molecule has 2 aliphatic carbocycles. The number of allylic oxidation sites excluding steroid dienone is 1. The third kappa shape index (κ3) is 2.79. The van der Waals surface area contributed by atoms with Crippen molar-refractivity contribution >= 4 is 28.6 Å². The Morgan fingerprint density at radius 3 is 2.77 bits per heavy atom. The highest BCUT2D eigenvalue weighted by Gasteiger charge is 2.69. The number of hydrogen-bond donors (Lipinski definition) is 0. The van der Waals surface area contributed by atoms with E-state index in [4.69, 9.17) is 13.9 Å². The smallest absolute Gasteiger partial charge is 0.338 e. The first-order valence-electron chi connectivity index (χ1n) is 11.2. The fourth-order valence-electron chi connectivity index (χ4n) is 6.68. The summed E-state index contributed by atoms with van der Waals surface area (Å²) in [6, 6.07) is 2.03. The Morgan fingerprint density at radius 1 is 1.23 bits per heavy atom. The molecule has 5 heteroatoms.